The Morgan fingerprint density at radius 2 is 1.90 bits per heavy atom. The van der Waals surface area contributed by atoms with E-state index in [0.717, 1.165) is 5.56 Å². The minimum Gasteiger partial charge on any atom is -0.458 e. The average Bonchev–Trinajstić information content (AvgIpc) is 3.36. The third kappa shape index (κ3) is 4.21. The number of oxazole rings is 1. The van der Waals surface area contributed by atoms with E-state index >= 15 is 0 Å². The number of aromatic nitrogens is 1. The number of carbonyl (C=O) groups is 2. The van der Waals surface area contributed by atoms with Crippen LogP contribution < -0.4 is 14.8 Å². The van der Waals surface area contributed by atoms with E-state index in [-0.39, 0.29) is 19.9 Å². The van der Waals surface area contributed by atoms with Crippen LogP contribution in [0.5, 0.6) is 11.5 Å². The van der Waals surface area contributed by atoms with E-state index in [4.69, 9.17) is 18.6 Å². The number of aryl methyl sites for hydroxylation is 1. The number of benzene rings is 2. The summed E-state index contributed by atoms with van der Waals surface area (Å²) >= 11 is 0. The summed E-state index contributed by atoms with van der Waals surface area (Å²) in [6.07, 6.45) is 0. The van der Waals surface area contributed by atoms with E-state index in [1.807, 2.05) is 30.3 Å². The zero-order chi connectivity index (χ0) is 20.2. The van der Waals surface area contributed by atoms with Gasteiger partial charge in [0.1, 0.15) is 24.6 Å². The van der Waals surface area contributed by atoms with Crippen LogP contribution in [0.4, 0.5) is 0 Å². The number of nitrogens with zero attached hydrogens (tertiary/aromatic N) is 1. The number of ether oxygens (including phenoxy) is 3. The number of carbonyl (C=O) groups excluding carboxylic acids is 2. The molecule has 8 nitrogen and oxygen atoms in total. The Morgan fingerprint density at radius 1 is 1.10 bits per heavy atom. The zero-order valence-corrected chi connectivity index (χ0v) is 15.6. The van der Waals surface area contributed by atoms with Crippen LogP contribution in [0.3, 0.4) is 0 Å². The quantitative estimate of drug-likeness (QED) is 0.642. The van der Waals surface area contributed by atoms with Crippen LogP contribution in [0.1, 0.15) is 21.8 Å². The first kappa shape index (κ1) is 18.5. The summed E-state index contributed by atoms with van der Waals surface area (Å²) in [4.78, 5) is 28.6. The van der Waals surface area contributed by atoms with Crippen LogP contribution in [0.25, 0.3) is 11.5 Å². The maximum absolute atomic E-state index is 12.2. The van der Waals surface area contributed by atoms with E-state index < -0.39 is 11.9 Å². The van der Waals surface area contributed by atoms with Crippen LogP contribution in [-0.4, -0.2) is 30.2 Å². The molecule has 0 unspecified atom stereocenters. The smallest absolute Gasteiger partial charge is 0.325 e. The molecule has 1 aliphatic rings. The minimum absolute atomic E-state index is 0.0408. The molecule has 1 N–H and O–H groups in total. The van der Waals surface area contributed by atoms with E-state index in [1.165, 1.54) is 0 Å². The molecule has 0 aliphatic carbocycles. The highest BCUT2D eigenvalue weighted by molar-refractivity contribution is 5.96. The highest BCUT2D eigenvalue weighted by Gasteiger charge is 2.17. The Kier molecular flexibility index (Phi) is 5.15. The lowest BCUT2D eigenvalue weighted by Gasteiger charge is -2.06. The molecule has 148 valence electrons. The molecule has 3 aromatic rings. The molecular weight excluding hydrogens is 376 g/mol. The third-order valence-electron chi connectivity index (χ3n) is 4.31. The molecule has 8 heteroatoms. The number of fused-ring (bicyclic) bond motifs is 1. The molecule has 0 atom stereocenters. The maximum Gasteiger partial charge on any atom is 0.325 e. The average molecular weight is 394 g/mol. The fourth-order valence-corrected chi connectivity index (χ4v) is 2.76. The van der Waals surface area contributed by atoms with Gasteiger partial charge in [-0.3, -0.25) is 9.59 Å². The van der Waals surface area contributed by atoms with E-state index in [9.17, 15) is 9.59 Å². The van der Waals surface area contributed by atoms with Gasteiger partial charge in [0.2, 0.25) is 12.7 Å². The fourth-order valence-electron chi connectivity index (χ4n) is 2.76. The van der Waals surface area contributed by atoms with Crippen LogP contribution in [-0.2, 0) is 16.1 Å². The van der Waals surface area contributed by atoms with Crippen molar-refractivity contribution < 1.29 is 28.2 Å². The summed E-state index contributed by atoms with van der Waals surface area (Å²) in [6, 6.07) is 14.2. The zero-order valence-electron chi connectivity index (χ0n) is 15.6. The third-order valence-corrected chi connectivity index (χ3v) is 4.31. The number of rotatable bonds is 6. The molecule has 0 saturated heterocycles. The van der Waals surface area contributed by atoms with Crippen molar-refractivity contribution in [2.75, 3.05) is 13.3 Å². The van der Waals surface area contributed by atoms with Gasteiger partial charge in [-0.1, -0.05) is 18.2 Å². The first-order valence-electron chi connectivity index (χ1n) is 8.95. The van der Waals surface area contributed by atoms with Crippen molar-refractivity contribution in [3.63, 3.8) is 0 Å². The normalized spacial score (nSPS) is 11.9. The van der Waals surface area contributed by atoms with Crippen LogP contribution >= 0.6 is 0 Å². The topological polar surface area (TPSA) is 99.9 Å². The summed E-state index contributed by atoms with van der Waals surface area (Å²) in [5.74, 6) is 1.12. The highest BCUT2D eigenvalue weighted by atomic mass is 16.7. The number of hydrogen-bond acceptors (Lipinski definition) is 7. The Bertz CT molecular complexity index is 1040. The van der Waals surface area contributed by atoms with Crippen molar-refractivity contribution in [2.45, 2.75) is 13.5 Å². The summed E-state index contributed by atoms with van der Waals surface area (Å²) < 4.78 is 21.3. The summed E-state index contributed by atoms with van der Waals surface area (Å²) in [5, 5.41) is 2.52. The lowest BCUT2D eigenvalue weighted by atomic mass is 10.2. The molecule has 29 heavy (non-hydrogen) atoms. The van der Waals surface area contributed by atoms with Crippen molar-refractivity contribution in [1.29, 1.82) is 0 Å². The van der Waals surface area contributed by atoms with Crippen LogP contribution in [0.15, 0.2) is 52.9 Å². The Balaban J connectivity index is 1.29. The molecule has 2 aromatic carbocycles. The first-order valence-corrected chi connectivity index (χ1v) is 8.95. The second-order valence-electron chi connectivity index (χ2n) is 6.30. The molecule has 0 spiro atoms. The van der Waals surface area contributed by atoms with Gasteiger partial charge in [-0.2, -0.15) is 0 Å². The molecule has 0 fully saturated rings. The van der Waals surface area contributed by atoms with Crippen molar-refractivity contribution >= 4 is 11.9 Å². The SMILES string of the molecule is Cc1oc(-c2ccccc2)nc1COC(=O)CNC(=O)c1ccc2c(c1)OCO2. The van der Waals surface area contributed by atoms with E-state index in [1.54, 1.807) is 25.1 Å². The maximum atomic E-state index is 12.2. The number of amides is 1. The van der Waals surface area contributed by atoms with Gasteiger partial charge in [-0.25, -0.2) is 4.98 Å². The van der Waals surface area contributed by atoms with Gasteiger partial charge in [-0.15, -0.1) is 0 Å². The van der Waals surface area contributed by atoms with Crippen molar-refractivity contribution in [1.82, 2.24) is 10.3 Å². The molecule has 0 saturated carbocycles. The highest BCUT2D eigenvalue weighted by Crippen LogP contribution is 2.32. The standard InChI is InChI=1S/C21H18N2O6/c1-13-16(23-21(29-13)14-5-3-2-4-6-14)11-26-19(24)10-22-20(25)15-7-8-17-18(9-15)28-12-27-17/h2-9H,10-12H2,1H3,(H,22,25). The molecule has 2 heterocycles. The Hall–Kier alpha value is -3.81. The molecule has 0 bridgehead atoms. The molecular formula is C21H18N2O6. The minimum atomic E-state index is -0.581. The summed E-state index contributed by atoms with van der Waals surface area (Å²) in [5.41, 5.74) is 1.73. The van der Waals surface area contributed by atoms with Gasteiger partial charge in [0.25, 0.3) is 5.91 Å². The molecule has 1 aliphatic heterocycles. The second kappa shape index (κ2) is 8.05. The van der Waals surface area contributed by atoms with Crippen molar-refractivity contribution in [3.05, 3.63) is 65.5 Å². The number of hydrogen-bond donors (Lipinski definition) is 1. The van der Waals surface area contributed by atoms with E-state index in [2.05, 4.69) is 10.3 Å². The molecule has 1 amide bonds. The number of nitrogens with one attached hydrogen (secondary N) is 1. The van der Waals surface area contributed by atoms with E-state index in [0.29, 0.717) is 34.4 Å². The van der Waals surface area contributed by atoms with Gasteiger partial charge in [0, 0.05) is 11.1 Å². The summed E-state index contributed by atoms with van der Waals surface area (Å²) in [7, 11) is 0. The fraction of sp³-hybridized carbons (Fsp3) is 0.190. The second-order valence-corrected chi connectivity index (χ2v) is 6.30. The number of esters is 1. The van der Waals surface area contributed by atoms with Crippen molar-refractivity contribution in [2.24, 2.45) is 0 Å². The Labute approximate surface area is 166 Å². The Morgan fingerprint density at radius 3 is 2.72 bits per heavy atom. The first-order chi connectivity index (χ1) is 14.1. The predicted octanol–water partition coefficient (Wildman–Crippen LogP) is 2.85. The van der Waals surface area contributed by atoms with Gasteiger partial charge in [-0.05, 0) is 37.3 Å². The molecule has 4 rings (SSSR count). The van der Waals surface area contributed by atoms with Crippen LogP contribution in [0, 0.1) is 6.92 Å². The monoisotopic (exact) mass is 394 g/mol. The van der Waals surface area contributed by atoms with Gasteiger partial charge >= 0.3 is 5.97 Å². The lowest BCUT2D eigenvalue weighted by Crippen LogP contribution is -2.30. The summed E-state index contributed by atoms with van der Waals surface area (Å²) in [6.45, 7) is 1.57. The van der Waals surface area contributed by atoms with Gasteiger partial charge in [0.15, 0.2) is 11.5 Å². The largest absolute Gasteiger partial charge is 0.458 e. The molecule has 1 aromatic heterocycles. The van der Waals surface area contributed by atoms with Gasteiger partial charge in [0.05, 0.1) is 0 Å². The van der Waals surface area contributed by atoms with Gasteiger partial charge < -0.3 is 23.9 Å². The lowest BCUT2D eigenvalue weighted by molar-refractivity contribution is -0.143. The van der Waals surface area contributed by atoms with Crippen molar-refractivity contribution in [3.8, 4) is 23.0 Å². The van der Waals surface area contributed by atoms with Crippen LogP contribution in [0.2, 0.25) is 0 Å². The molecule has 0 radical (unpaired) electrons. The predicted molar refractivity (Wildman–Crippen MR) is 101 cm³/mol.